The first-order valence-corrected chi connectivity index (χ1v) is 13.2. The average Bonchev–Trinajstić information content (AvgIpc) is 2.75. The highest BCUT2D eigenvalue weighted by Gasteiger charge is 2.26. The molecule has 0 heterocycles. The van der Waals surface area contributed by atoms with E-state index in [0.29, 0.717) is 22.3 Å². The standard InChI is InChI=1S/C23H29Cl2N3O4S/c1-4-26-23(30)17(2)27(16-18-8-5-6-9-21(18)25)22(29)10-7-15-28(33(3,31)32)20-13-11-19(24)12-14-20/h5-6,8-9,11-14,17H,4,7,10,15-16H2,1-3H3,(H,26,30). The van der Waals surface area contributed by atoms with E-state index in [1.54, 1.807) is 56.3 Å². The van der Waals surface area contributed by atoms with Gasteiger partial charge in [-0.05, 0) is 56.2 Å². The summed E-state index contributed by atoms with van der Waals surface area (Å²) in [4.78, 5) is 27.1. The van der Waals surface area contributed by atoms with Gasteiger partial charge in [0.05, 0.1) is 11.9 Å². The molecule has 2 amide bonds. The molecule has 1 unspecified atom stereocenters. The summed E-state index contributed by atoms with van der Waals surface area (Å²) in [5, 5.41) is 3.74. The van der Waals surface area contributed by atoms with E-state index in [1.807, 2.05) is 6.07 Å². The lowest BCUT2D eigenvalue weighted by atomic mass is 10.1. The quantitative estimate of drug-likeness (QED) is 0.490. The van der Waals surface area contributed by atoms with Crippen molar-refractivity contribution in [2.45, 2.75) is 39.3 Å². The van der Waals surface area contributed by atoms with Crippen LogP contribution >= 0.6 is 23.2 Å². The van der Waals surface area contributed by atoms with Crippen molar-refractivity contribution in [3.05, 3.63) is 64.1 Å². The summed E-state index contributed by atoms with van der Waals surface area (Å²) in [5.74, 6) is -0.532. The first-order chi connectivity index (χ1) is 15.5. The van der Waals surface area contributed by atoms with Crippen molar-refractivity contribution in [3.63, 3.8) is 0 Å². The maximum absolute atomic E-state index is 13.1. The van der Waals surface area contributed by atoms with Crippen LogP contribution < -0.4 is 9.62 Å². The van der Waals surface area contributed by atoms with Crippen molar-refractivity contribution in [2.24, 2.45) is 0 Å². The highest BCUT2D eigenvalue weighted by molar-refractivity contribution is 7.92. The Labute approximate surface area is 205 Å². The Morgan fingerprint density at radius 2 is 1.70 bits per heavy atom. The fourth-order valence-electron chi connectivity index (χ4n) is 3.33. The third-order valence-corrected chi connectivity index (χ3v) is 6.90. The molecular formula is C23H29Cl2N3O4S. The molecule has 0 bridgehead atoms. The lowest BCUT2D eigenvalue weighted by molar-refractivity contribution is -0.140. The molecule has 0 saturated carbocycles. The average molecular weight is 514 g/mol. The largest absolute Gasteiger partial charge is 0.355 e. The highest BCUT2D eigenvalue weighted by Crippen LogP contribution is 2.22. The number of carbonyl (C=O) groups is 2. The maximum atomic E-state index is 13.1. The zero-order valence-electron chi connectivity index (χ0n) is 18.9. The van der Waals surface area contributed by atoms with E-state index in [0.717, 1.165) is 11.8 Å². The van der Waals surface area contributed by atoms with Crippen LogP contribution in [0, 0.1) is 0 Å². The predicted molar refractivity (Wildman–Crippen MR) is 133 cm³/mol. The molecule has 0 aliphatic heterocycles. The van der Waals surface area contributed by atoms with E-state index < -0.39 is 16.1 Å². The molecule has 0 aromatic heterocycles. The molecule has 0 fully saturated rings. The first kappa shape index (κ1) is 27.0. The Morgan fingerprint density at radius 3 is 2.27 bits per heavy atom. The van der Waals surface area contributed by atoms with Crippen LogP contribution in [0.1, 0.15) is 32.3 Å². The van der Waals surface area contributed by atoms with Crippen molar-refractivity contribution in [1.29, 1.82) is 0 Å². The van der Waals surface area contributed by atoms with E-state index in [2.05, 4.69) is 5.32 Å². The lowest BCUT2D eigenvalue weighted by Gasteiger charge is -2.29. The number of halogens is 2. The fourth-order valence-corrected chi connectivity index (χ4v) is 4.61. The highest BCUT2D eigenvalue weighted by atomic mass is 35.5. The minimum atomic E-state index is -3.56. The smallest absolute Gasteiger partial charge is 0.242 e. The molecule has 0 spiro atoms. The molecule has 7 nitrogen and oxygen atoms in total. The van der Waals surface area contributed by atoms with Gasteiger partial charge in [0.2, 0.25) is 21.8 Å². The number of rotatable bonds is 11. The van der Waals surface area contributed by atoms with Crippen LogP contribution in [0.3, 0.4) is 0 Å². The first-order valence-electron chi connectivity index (χ1n) is 10.6. The van der Waals surface area contributed by atoms with Crippen LogP contribution in [-0.4, -0.2) is 50.5 Å². The van der Waals surface area contributed by atoms with E-state index >= 15 is 0 Å². The topological polar surface area (TPSA) is 86.8 Å². The second-order valence-electron chi connectivity index (χ2n) is 7.60. The molecular weight excluding hydrogens is 485 g/mol. The monoisotopic (exact) mass is 513 g/mol. The normalized spacial score (nSPS) is 12.2. The summed E-state index contributed by atoms with van der Waals surface area (Å²) >= 11 is 12.2. The molecule has 0 aliphatic rings. The van der Waals surface area contributed by atoms with Gasteiger partial charge in [0.1, 0.15) is 6.04 Å². The zero-order chi connectivity index (χ0) is 24.6. The van der Waals surface area contributed by atoms with Crippen molar-refractivity contribution >= 4 is 50.7 Å². The molecule has 2 rings (SSSR count). The minimum absolute atomic E-state index is 0.0633. The Hall–Kier alpha value is -2.29. The summed E-state index contributed by atoms with van der Waals surface area (Å²) in [7, 11) is -3.56. The van der Waals surface area contributed by atoms with Gasteiger partial charge in [-0.25, -0.2) is 8.42 Å². The van der Waals surface area contributed by atoms with Gasteiger partial charge in [0, 0.05) is 36.1 Å². The summed E-state index contributed by atoms with van der Waals surface area (Å²) in [6, 6.07) is 12.9. The number of likely N-dealkylation sites (N-methyl/N-ethyl adjacent to an activating group) is 1. The number of amides is 2. The Bertz CT molecular complexity index is 1060. The van der Waals surface area contributed by atoms with Crippen LogP contribution in [0.15, 0.2) is 48.5 Å². The zero-order valence-corrected chi connectivity index (χ0v) is 21.3. The van der Waals surface area contributed by atoms with Gasteiger partial charge < -0.3 is 10.2 Å². The number of nitrogens with one attached hydrogen (secondary N) is 1. The van der Waals surface area contributed by atoms with Gasteiger partial charge in [-0.1, -0.05) is 41.4 Å². The van der Waals surface area contributed by atoms with E-state index in [4.69, 9.17) is 23.2 Å². The lowest BCUT2D eigenvalue weighted by Crippen LogP contribution is -2.47. The molecule has 0 radical (unpaired) electrons. The molecule has 10 heteroatoms. The van der Waals surface area contributed by atoms with Crippen LogP contribution in [0.25, 0.3) is 0 Å². The Balaban J connectivity index is 2.15. The third-order valence-electron chi connectivity index (χ3n) is 5.08. The number of hydrogen-bond acceptors (Lipinski definition) is 4. The van der Waals surface area contributed by atoms with Crippen LogP contribution in [0.2, 0.25) is 10.0 Å². The van der Waals surface area contributed by atoms with E-state index in [-0.39, 0.29) is 37.7 Å². The molecule has 0 saturated heterocycles. The van der Waals surface area contributed by atoms with Crippen LogP contribution in [0.5, 0.6) is 0 Å². The number of sulfonamides is 1. The third kappa shape index (κ3) is 7.91. The van der Waals surface area contributed by atoms with Gasteiger partial charge in [0.25, 0.3) is 0 Å². The van der Waals surface area contributed by atoms with Crippen LogP contribution in [-0.2, 0) is 26.2 Å². The van der Waals surface area contributed by atoms with Crippen molar-refractivity contribution in [3.8, 4) is 0 Å². The summed E-state index contributed by atoms with van der Waals surface area (Å²) in [6.07, 6.45) is 1.45. The second kappa shape index (κ2) is 12.3. The van der Waals surface area contributed by atoms with Gasteiger partial charge >= 0.3 is 0 Å². The van der Waals surface area contributed by atoms with Gasteiger partial charge in [-0.15, -0.1) is 0 Å². The predicted octanol–water partition coefficient (Wildman–Crippen LogP) is 4.09. The molecule has 2 aromatic carbocycles. The molecule has 1 atom stereocenters. The van der Waals surface area contributed by atoms with Crippen molar-refractivity contribution in [2.75, 3.05) is 23.7 Å². The molecule has 180 valence electrons. The van der Waals surface area contributed by atoms with E-state index in [9.17, 15) is 18.0 Å². The Kier molecular flexibility index (Phi) is 10.0. The van der Waals surface area contributed by atoms with Gasteiger partial charge in [-0.3, -0.25) is 13.9 Å². The maximum Gasteiger partial charge on any atom is 0.242 e. The Morgan fingerprint density at radius 1 is 1.06 bits per heavy atom. The molecule has 0 aliphatic carbocycles. The van der Waals surface area contributed by atoms with Crippen molar-refractivity contribution < 1.29 is 18.0 Å². The summed E-state index contributed by atoms with van der Waals surface area (Å²) in [6.45, 7) is 4.20. The number of hydrogen-bond donors (Lipinski definition) is 1. The SMILES string of the molecule is CCNC(=O)C(C)N(Cc1ccccc1Cl)C(=O)CCCN(c1ccc(Cl)cc1)S(C)(=O)=O. The number of nitrogens with zero attached hydrogens (tertiary/aromatic N) is 2. The van der Waals surface area contributed by atoms with Gasteiger partial charge in [0.15, 0.2) is 0 Å². The number of carbonyl (C=O) groups excluding carboxylic acids is 2. The molecule has 33 heavy (non-hydrogen) atoms. The number of anilines is 1. The summed E-state index contributed by atoms with van der Waals surface area (Å²) < 4.78 is 25.8. The van der Waals surface area contributed by atoms with Crippen LogP contribution in [0.4, 0.5) is 5.69 Å². The fraction of sp³-hybridized carbons (Fsp3) is 0.391. The van der Waals surface area contributed by atoms with Gasteiger partial charge in [-0.2, -0.15) is 0 Å². The van der Waals surface area contributed by atoms with E-state index in [1.165, 1.54) is 9.21 Å². The summed E-state index contributed by atoms with van der Waals surface area (Å²) in [5.41, 5.74) is 1.19. The number of benzene rings is 2. The minimum Gasteiger partial charge on any atom is -0.355 e. The molecule has 2 aromatic rings. The second-order valence-corrected chi connectivity index (χ2v) is 10.3. The molecule has 1 N–H and O–H groups in total. The van der Waals surface area contributed by atoms with Crippen molar-refractivity contribution in [1.82, 2.24) is 10.2 Å².